The fraction of sp³-hybridized carbons (Fsp3) is 0.538. The normalized spacial score (nSPS) is 29.2. The first kappa shape index (κ1) is 10.1. The molecule has 0 radical (unpaired) electrons. The molecule has 2 aliphatic rings. The molecule has 1 fully saturated rings. The molecule has 3 nitrogen and oxygen atoms in total. The Morgan fingerprint density at radius 2 is 2.19 bits per heavy atom. The Morgan fingerprint density at radius 1 is 1.25 bits per heavy atom. The summed E-state index contributed by atoms with van der Waals surface area (Å²) in [5, 5.41) is 3.40. The van der Waals surface area contributed by atoms with Crippen molar-refractivity contribution in [3.05, 3.63) is 29.8 Å². The second-order valence-corrected chi connectivity index (χ2v) is 4.51. The van der Waals surface area contributed by atoms with E-state index in [1.807, 2.05) is 18.2 Å². The maximum atomic E-state index is 5.91. The van der Waals surface area contributed by atoms with Gasteiger partial charge in [-0.2, -0.15) is 0 Å². The third kappa shape index (κ3) is 1.93. The van der Waals surface area contributed by atoms with Gasteiger partial charge in [0.15, 0.2) is 0 Å². The van der Waals surface area contributed by atoms with Gasteiger partial charge in [-0.1, -0.05) is 18.2 Å². The van der Waals surface area contributed by atoms with E-state index in [9.17, 15) is 0 Å². The second kappa shape index (κ2) is 4.44. The average Bonchev–Trinajstić information content (AvgIpc) is 2.39. The molecule has 1 aromatic rings. The highest BCUT2D eigenvalue weighted by Gasteiger charge is 2.29. The van der Waals surface area contributed by atoms with E-state index < -0.39 is 0 Å². The third-order valence-electron chi connectivity index (χ3n) is 3.34. The summed E-state index contributed by atoms with van der Waals surface area (Å²) in [5.41, 5.74) is 1.16. The van der Waals surface area contributed by atoms with Gasteiger partial charge in [0.25, 0.3) is 0 Å². The molecule has 2 heterocycles. The minimum Gasteiger partial charge on any atom is -0.464 e. The molecular formula is C13H17NO2. The molecule has 3 heteroatoms. The second-order valence-electron chi connectivity index (χ2n) is 4.51. The van der Waals surface area contributed by atoms with Crippen molar-refractivity contribution >= 4 is 0 Å². The Bertz CT molecular complexity index is 361. The van der Waals surface area contributed by atoms with Crippen molar-refractivity contribution in [3.8, 4) is 5.75 Å². The summed E-state index contributed by atoms with van der Waals surface area (Å²) in [6.45, 7) is 2.81. The van der Waals surface area contributed by atoms with Crippen LogP contribution in [0.3, 0.4) is 0 Å². The summed E-state index contributed by atoms with van der Waals surface area (Å²) in [6.07, 6.45) is 2.35. The molecule has 0 spiro atoms. The number of benzene rings is 1. The lowest BCUT2D eigenvalue weighted by molar-refractivity contribution is -0.143. The summed E-state index contributed by atoms with van der Waals surface area (Å²) in [7, 11) is 0. The van der Waals surface area contributed by atoms with E-state index in [4.69, 9.17) is 9.47 Å². The smallest absolute Gasteiger partial charge is 0.204 e. The highest BCUT2D eigenvalue weighted by atomic mass is 16.7. The number of hydrogen-bond donors (Lipinski definition) is 1. The first-order valence-corrected chi connectivity index (χ1v) is 6.00. The quantitative estimate of drug-likeness (QED) is 0.782. The number of para-hydroxylation sites is 1. The fourth-order valence-electron chi connectivity index (χ4n) is 2.41. The van der Waals surface area contributed by atoms with Gasteiger partial charge in [0.05, 0.1) is 6.61 Å². The molecule has 2 atom stereocenters. The first-order valence-electron chi connectivity index (χ1n) is 6.00. The highest BCUT2D eigenvalue weighted by Crippen LogP contribution is 2.30. The molecule has 2 unspecified atom stereocenters. The SMILES string of the molecule is c1ccc2c(c1)COC(C1CCCNC1)O2. The van der Waals surface area contributed by atoms with E-state index in [1.54, 1.807) is 0 Å². The third-order valence-corrected chi connectivity index (χ3v) is 3.34. The Morgan fingerprint density at radius 3 is 3.06 bits per heavy atom. The van der Waals surface area contributed by atoms with Crippen molar-refractivity contribution in [2.45, 2.75) is 25.7 Å². The van der Waals surface area contributed by atoms with Crippen LogP contribution in [0.4, 0.5) is 0 Å². The number of ether oxygens (including phenoxy) is 2. The number of hydrogen-bond acceptors (Lipinski definition) is 3. The minimum atomic E-state index is -0.0669. The molecule has 0 saturated carbocycles. The summed E-state index contributed by atoms with van der Waals surface area (Å²) in [5.74, 6) is 1.48. The van der Waals surface area contributed by atoms with Crippen molar-refractivity contribution < 1.29 is 9.47 Å². The van der Waals surface area contributed by atoms with Crippen LogP contribution < -0.4 is 10.1 Å². The molecule has 1 aromatic carbocycles. The van der Waals surface area contributed by atoms with Crippen molar-refractivity contribution in [3.63, 3.8) is 0 Å². The van der Waals surface area contributed by atoms with Gasteiger partial charge in [-0.05, 0) is 25.5 Å². The van der Waals surface area contributed by atoms with Crippen LogP contribution in [0.1, 0.15) is 18.4 Å². The summed E-state index contributed by atoms with van der Waals surface area (Å²) >= 11 is 0. The summed E-state index contributed by atoms with van der Waals surface area (Å²) in [6, 6.07) is 8.13. The zero-order valence-electron chi connectivity index (χ0n) is 9.32. The number of nitrogens with one attached hydrogen (secondary N) is 1. The lowest BCUT2D eigenvalue weighted by Gasteiger charge is -2.34. The summed E-state index contributed by atoms with van der Waals surface area (Å²) < 4.78 is 11.7. The van der Waals surface area contributed by atoms with Crippen LogP contribution in [0.25, 0.3) is 0 Å². The van der Waals surface area contributed by atoms with Crippen molar-refractivity contribution in [2.75, 3.05) is 13.1 Å². The molecule has 0 bridgehead atoms. The monoisotopic (exact) mass is 219 g/mol. The van der Waals surface area contributed by atoms with Crippen LogP contribution in [0.5, 0.6) is 5.75 Å². The topological polar surface area (TPSA) is 30.5 Å². The van der Waals surface area contributed by atoms with Gasteiger partial charge in [0, 0.05) is 18.0 Å². The van der Waals surface area contributed by atoms with Crippen molar-refractivity contribution in [1.82, 2.24) is 5.32 Å². The minimum absolute atomic E-state index is 0.0669. The molecular weight excluding hydrogens is 202 g/mol. The van der Waals surface area contributed by atoms with Gasteiger partial charge in [0.2, 0.25) is 6.29 Å². The van der Waals surface area contributed by atoms with Gasteiger partial charge < -0.3 is 14.8 Å². The molecule has 86 valence electrons. The Labute approximate surface area is 95.8 Å². The predicted octanol–water partition coefficient (Wildman–Crippen LogP) is 1.92. The van der Waals surface area contributed by atoms with Crippen LogP contribution in [0.15, 0.2) is 24.3 Å². The van der Waals surface area contributed by atoms with Crippen LogP contribution >= 0.6 is 0 Å². The van der Waals surface area contributed by atoms with E-state index in [1.165, 1.54) is 12.8 Å². The van der Waals surface area contributed by atoms with Crippen molar-refractivity contribution in [1.29, 1.82) is 0 Å². The molecule has 0 aliphatic carbocycles. The largest absolute Gasteiger partial charge is 0.464 e. The molecule has 16 heavy (non-hydrogen) atoms. The fourth-order valence-corrected chi connectivity index (χ4v) is 2.41. The van der Waals surface area contributed by atoms with E-state index in [-0.39, 0.29) is 6.29 Å². The van der Waals surface area contributed by atoms with E-state index >= 15 is 0 Å². The van der Waals surface area contributed by atoms with E-state index in [0.29, 0.717) is 12.5 Å². The molecule has 0 aromatic heterocycles. The Hall–Kier alpha value is -1.06. The van der Waals surface area contributed by atoms with Crippen LogP contribution in [-0.2, 0) is 11.3 Å². The molecule has 3 rings (SSSR count). The predicted molar refractivity (Wildman–Crippen MR) is 61.2 cm³/mol. The van der Waals surface area contributed by atoms with Gasteiger partial charge in [-0.15, -0.1) is 0 Å². The van der Waals surface area contributed by atoms with Crippen LogP contribution in [0.2, 0.25) is 0 Å². The molecule has 1 N–H and O–H groups in total. The number of rotatable bonds is 1. The highest BCUT2D eigenvalue weighted by molar-refractivity contribution is 5.33. The Balaban J connectivity index is 1.72. The maximum Gasteiger partial charge on any atom is 0.204 e. The van der Waals surface area contributed by atoms with Crippen LogP contribution in [0, 0.1) is 5.92 Å². The Kier molecular flexibility index (Phi) is 2.80. The standard InChI is InChI=1S/C13H17NO2/c1-2-6-12-11(4-1)9-15-13(16-12)10-5-3-7-14-8-10/h1-2,4,6,10,13-14H,3,5,7-9H2. The lowest BCUT2D eigenvalue weighted by atomic mass is 9.98. The van der Waals surface area contributed by atoms with Gasteiger partial charge in [0.1, 0.15) is 5.75 Å². The van der Waals surface area contributed by atoms with Gasteiger partial charge in [-0.25, -0.2) is 0 Å². The van der Waals surface area contributed by atoms with E-state index in [0.717, 1.165) is 24.4 Å². The first-order chi connectivity index (χ1) is 7.93. The zero-order valence-corrected chi connectivity index (χ0v) is 9.32. The van der Waals surface area contributed by atoms with Crippen molar-refractivity contribution in [2.24, 2.45) is 5.92 Å². The maximum absolute atomic E-state index is 5.91. The molecule has 0 amide bonds. The lowest BCUT2D eigenvalue weighted by Crippen LogP contribution is -2.42. The average molecular weight is 219 g/mol. The number of piperidine rings is 1. The number of fused-ring (bicyclic) bond motifs is 1. The van der Waals surface area contributed by atoms with Gasteiger partial charge in [-0.3, -0.25) is 0 Å². The molecule has 1 saturated heterocycles. The van der Waals surface area contributed by atoms with Crippen LogP contribution in [-0.4, -0.2) is 19.4 Å². The van der Waals surface area contributed by atoms with E-state index in [2.05, 4.69) is 11.4 Å². The molecule has 2 aliphatic heterocycles. The summed E-state index contributed by atoms with van der Waals surface area (Å²) in [4.78, 5) is 0. The zero-order chi connectivity index (χ0) is 10.8. The van der Waals surface area contributed by atoms with Gasteiger partial charge >= 0.3 is 0 Å².